The van der Waals surface area contributed by atoms with Crippen molar-refractivity contribution in [2.45, 2.75) is 80.5 Å². The topological polar surface area (TPSA) is 159 Å². The Labute approximate surface area is 540 Å². The van der Waals surface area contributed by atoms with Crippen LogP contribution in [0.2, 0.25) is 20.5 Å². The molecule has 3 atom stereocenters. The second-order valence-corrected chi connectivity index (χ2v) is 24.1. The first-order chi connectivity index (χ1) is 45.4. The number of para-hydroxylation sites is 3. The summed E-state index contributed by atoms with van der Waals surface area (Å²) in [4.78, 5) is 46.1. The van der Waals surface area contributed by atoms with Gasteiger partial charge in [0.1, 0.15) is 41.5 Å². The number of nitrogens with zero attached hydrogens (tertiary/aromatic N) is 16. The number of allylic oxidation sites excluding steroid dienone is 3. The second kappa shape index (κ2) is 22.6. The molecule has 456 valence electrons. The van der Waals surface area contributed by atoms with Gasteiger partial charge in [0.05, 0.1) is 5.69 Å². The molecule has 0 unspecified atom stereocenters. The van der Waals surface area contributed by atoms with E-state index in [1.165, 1.54) is 5.46 Å². The zero-order valence-corrected chi connectivity index (χ0v) is 53.1. The number of hydrazine groups is 3. The molecule has 0 saturated heterocycles. The van der Waals surface area contributed by atoms with Crippen LogP contribution in [0.15, 0.2) is 225 Å². The van der Waals surface area contributed by atoms with E-state index in [0.29, 0.717) is 17.1 Å². The van der Waals surface area contributed by atoms with Crippen molar-refractivity contribution in [3.05, 3.63) is 229 Å². The maximum Gasteiger partial charge on any atom is 0.315 e. The standard InChI is InChI=1S/2C24H22BN5O.C23H21BN6O/c1-16-15-21-22(19-11-7-14-27-24(19)31-21)25(3)30(16)29-17(2)28(18-9-5-4-6-10-18)23-20(29)12-8-13-26-23;1-16-15-21-22(19-11-7-14-27-24(19)31-21)25(3)30(16)29-17(2)28(18-9-5-4-6-10-18)20-12-8-13-26-23(20)29;1-15-14-19-20(18-10-7-11-27-23(18)31-19)24(3)30(15)29-16(2)28(17-8-5-4-6-9-17)21-22(29)26-13-12-25-21/h2*4-15,17H,1-3H3;4-14,16H,1-3H3/t2*17-;16-/m000/s1. The molecule has 0 N–H and O–H groups in total. The number of anilines is 9. The Morgan fingerprint density at radius 1 is 0.323 bits per heavy atom. The molecule has 19 nitrogen and oxygen atoms in total. The predicted molar refractivity (Wildman–Crippen MR) is 374 cm³/mol. The molecular formula is C71H65B3N16O3. The largest absolute Gasteiger partial charge is 0.439 e. The quantitative estimate of drug-likeness (QED) is 0.145. The van der Waals surface area contributed by atoms with Crippen molar-refractivity contribution >= 4 is 140 Å². The van der Waals surface area contributed by atoms with E-state index in [1.807, 2.05) is 73.1 Å². The molecule has 0 saturated carbocycles. The molecule has 93 heavy (non-hydrogen) atoms. The molecule has 3 aromatic carbocycles. The van der Waals surface area contributed by atoms with Crippen LogP contribution in [0.1, 0.15) is 58.8 Å². The average Bonchev–Trinajstić information content (AvgIpc) is 1.61. The van der Waals surface area contributed by atoms with Gasteiger partial charge < -0.3 is 42.7 Å². The summed E-state index contributed by atoms with van der Waals surface area (Å²) in [7, 11) is 0. The molecule has 0 aliphatic carbocycles. The highest BCUT2D eigenvalue weighted by Gasteiger charge is 2.48. The van der Waals surface area contributed by atoms with E-state index >= 15 is 0 Å². The van der Waals surface area contributed by atoms with E-state index < -0.39 is 0 Å². The fourth-order valence-electron chi connectivity index (χ4n) is 14.9. The van der Waals surface area contributed by atoms with E-state index in [2.05, 4.69) is 231 Å². The minimum Gasteiger partial charge on any atom is -0.439 e. The molecule has 6 aliphatic rings. The van der Waals surface area contributed by atoms with Crippen LogP contribution in [-0.4, -0.2) is 88.7 Å². The van der Waals surface area contributed by atoms with Gasteiger partial charge in [-0.15, -0.1) is 0 Å². The van der Waals surface area contributed by atoms with Crippen molar-refractivity contribution in [2.75, 3.05) is 29.7 Å². The second-order valence-electron chi connectivity index (χ2n) is 24.1. The van der Waals surface area contributed by atoms with E-state index in [4.69, 9.17) is 33.2 Å². The number of aromatic nitrogens is 7. The summed E-state index contributed by atoms with van der Waals surface area (Å²) in [6, 6.07) is 51.7. The third kappa shape index (κ3) is 9.08. The van der Waals surface area contributed by atoms with Gasteiger partial charge >= 0.3 is 20.5 Å². The summed E-state index contributed by atoms with van der Waals surface area (Å²) in [5.74, 6) is 6.27. The Hall–Kier alpha value is -11.3. The van der Waals surface area contributed by atoms with Gasteiger partial charge in [-0.1, -0.05) is 75.1 Å². The Balaban J connectivity index is 0.000000111. The van der Waals surface area contributed by atoms with E-state index in [-0.39, 0.29) is 39.0 Å². The maximum atomic E-state index is 6.07. The molecule has 18 rings (SSSR count). The first-order valence-corrected chi connectivity index (χ1v) is 31.6. The number of hydrogen-bond donors (Lipinski definition) is 0. The van der Waals surface area contributed by atoms with Gasteiger partial charge in [-0.25, -0.2) is 34.9 Å². The summed E-state index contributed by atoms with van der Waals surface area (Å²) in [5.41, 5.74) is 14.4. The summed E-state index contributed by atoms with van der Waals surface area (Å²) in [6.07, 6.45) is 19.0. The normalized spacial score (nSPS) is 17.8. The lowest BCUT2D eigenvalue weighted by atomic mass is 9.55. The number of benzene rings is 3. The molecule has 12 aromatic rings. The van der Waals surface area contributed by atoms with Crippen molar-refractivity contribution < 1.29 is 13.3 Å². The molecule has 15 heterocycles. The van der Waals surface area contributed by atoms with Crippen LogP contribution in [0.3, 0.4) is 0 Å². The van der Waals surface area contributed by atoms with Crippen molar-refractivity contribution in [1.82, 2.24) is 49.6 Å². The zero-order chi connectivity index (χ0) is 63.3. The van der Waals surface area contributed by atoms with Gasteiger partial charge in [-0.05, 0) is 157 Å². The molecule has 0 bridgehead atoms. The third-order valence-electron chi connectivity index (χ3n) is 18.6. The molecule has 9 aromatic heterocycles. The van der Waals surface area contributed by atoms with Gasteiger partial charge in [0.15, 0.2) is 23.3 Å². The van der Waals surface area contributed by atoms with Crippen molar-refractivity contribution in [1.29, 1.82) is 0 Å². The predicted octanol–water partition coefficient (Wildman–Crippen LogP) is 13.3. The monoisotopic (exact) mass is 1220 g/mol. The van der Waals surface area contributed by atoms with E-state index in [9.17, 15) is 0 Å². The Morgan fingerprint density at radius 2 is 0.656 bits per heavy atom. The number of furan rings is 3. The number of fused-ring (bicyclic) bond motifs is 12. The van der Waals surface area contributed by atoms with E-state index in [1.54, 1.807) is 31.0 Å². The fraction of sp³-hybridized carbons (Fsp3) is 0.169. The third-order valence-corrected chi connectivity index (χ3v) is 18.6. The Kier molecular flexibility index (Phi) is 13.8. The maximum absolute atomic E-state index is 6.07. The summed E-state index contributed by atoms with van der Waals surface area (Å²) in [6.45, 7) is 19.8. The lowest BCUT2D eigenvalue weighted by Gasteiger charge is -2.44. The average molecular weight is 1220 g/mol. The molecular weight excluding hydrogens is 1160 g/mol. The van der Waals surface area contributed by atoms with Crippen molar-refractivity contribution in [3.8, 4) is 0 Å². The van der Waals surface area contributed by atoms with Crippen LogP contribution in [-0.2, 0) is 0 Å². The smallest absolute Gasteiger partial charge is 0.315 e. The zero-order valence-electron chi connectivity index (χ0n) is 53.1. The molecule has 22 heteroatoms. The Morgan fingerprint density at radius 3 is 1.12 bits per heavy atom. The molecule has 6 aliphatic heterocycles. The SMILES string of the molecule is CB1c2c(oc3ncccc23)C=C(C)N1N1c2cccnc2N(c2ccccc2)[C@@H]1C.CB1c2c(oc3ncccc23)C=C(C)N1N1c2ncccc2N(c2ccccc2)[C@@H]1C.CB1c2c(oc3ncccc23)C=C(C)N1N1c2nccnc2N(c2ccccc2)[C@@H]1C. The van der Waals surface area contributed by atoms with Gasteiger partial charge in [0.25, 0.3) is 0 Å². The molecule has 0 radical (unpaired) electrons. The van der Waals surface area contributed by atoms with Crippen molar-refractivity contribution in [2.24, 2.45) is 0 Å². The van der Waals surface area contributed by atoms with Crippen LogP contribution >= 0.6 is 0 Å². The highest BCUT2D eigenvalue weighted by molar-refractivity contribution is 6.75. The van der Waals surface area contributed by atoms with Crippen LogP contribution < -0.4 is 46.1 Å². The lowest BCUT2D eigenvalue weighted by molar-refractivity contribution is 0.438. The first-order valence-electron chi connectivity index (χ1n) is 31.6. The molecule has 0 fully saturated rings. The van der Waals surface area contributed by atoms with Crippen LogP contribution in [0.25, 0.3) is 51.5 Å². The highest BCUT2D eigenvalue weighted by atomic mass is 16.4. The lowest BCUT2D eigenvalue weighted by Crippen LogP contribution is -2.59. The fourth-order valence-corrected chi connectivity index (χ4v) is 14.9. The van der Waals surface area contributed by atoms with Crippen molar-refractivity contribution in [3.63, 3.8) is 0 Å². The number of hydrogen-bond acceptors (Lipinski definition) is 19. The van der Waals surface area contributed by atoms with Gasteiger partial charge in [-0.3, -0.25) is 15.0 Å². The summed E-state index contributed by atoms with van der Waals surface area (Å²) in [5, 5.41) is 10.1. The minimum absolute atomic E-state index is 0.0107. The van der Waals surface area contributed by atoms with Crippen LogP contribution in [0, 0.1) is 0 Å². The number of rotatable bonds is 6. The van der Waals surface area contributed by atoms with Crippen LogP contribution in [0.4, 0.5) is 51.7 Å². The van der Waals surface area contributed by atoms with Crippen LogP contribution in [0.5, 0.6) is 0 Å². The van der Waals surface area contributed by atoms with Gasteiger partial charge in [-0.2, -0.15) is 0 Å². The van der Waals surface area contributed by atoms with Gasteiger partial charge in [0.2, 0.25) is 17.1 Å². The van der Waals surface area contributed by atoms with Gasteiger partial charge in [0, 0.05) is 110 Å². The summed E-state index contributed by atoms with van der Waals surface area (Å²) < 4.78 is 18.2. The molecule has 0 amide bonds. The summed E-state index contributed by atoms with van der Waals surface area (Å²) >= 11 is 0. The first kappa shape index (κ1) is 56.9. The Bertz CT molecular complexity index is 4440. The van der Waals surface area contributed by atoms with E-state index in [0.717, 1.165) is 113 Å². The molecule has 0 spiro atoms. The number of pyridine rings is 5. The minimum atomic E-state index is -0.0107. The highest BCUT2D eigenvalue weighted by Crippen LogP contribution is 2.48.